The summed E-state index contributed by atoms with van der Waals surface area (Å²) in [5.41, 5.74) is -0.479. The minimum Gasteiger partial charge on any atom is -0.444 e. The van der Waals surface area contributed by atoms with Gasteiger partial charge in [-0.15, -0.1) is 0 Å². The zero-order chi connectivity index (χ0) is 16.0. The molecule has 2 amide bonds. The van der Waals surface area contributed by atoms with E-state index in [0.717, 1.165) is 25.7 Å². The van der Waals surface area contributed by atoms with Gasteiger partial charge in [0.25, 0.3) is 0 Å². The molecule has 1 fully saturated rings. The van der Waals surface area contributed by atoms with E-state index in [-0.39, 0.29) is 24.0 Å². The molecule has 1 N–H and O–H groups in total. The van der Waals surface area contributed by atoms with Crippen molar-refractivity contribution in [2.75, 3.05) is 13.1 Å². The van der Waals surface area contributed by atoms with Crippen LogP contribution in [0.3, 0.4) is 0 Å². The van der Waals surface area contributed by atoms with Crippen LogP contribution < -0.4 is 5.32 Å². The van der Waals surface area contributed by atoms with E-state index in [1.54, 1.807) is 4.90 Å². The lowest BCUT2D eigenvalue weighted by molar-refractivity contribution is -0.125. The van der Waals surface area contributed by atoms with Crippen molar-refractivity contribution in [1.82, 2.24) is 10.2 Å². The number of unbranched alkanes of at least 4 members (excludes halogenated alkanes) is 1. The molecule has 1 saturated heterocycles. The fourth-order valence-corrected chi connectivity index (χ4v) is 2.36. The number of carbonyl (C=O) groups is 2. The van der Waals surface area contributed by atoms with Crippen molar-refractivity contribution in [3.63, 3.8) is 0 Å². The maximum atomic E-state index is 12.1. The van der Waals surface area contributed by atoms with Gasteiger partial charge in [-0.05, 0) is 33.6 Å². The Kier molecular flexibility index (Phi) is 6.49. The normalized spacial score (nSPS) is 20.2. The number of ether oxygens (including phenoxy) is 1. The van der Waals surface area contributed by atoms with Crippen molar-refractivity contribution in [1.29, 1.82) is 0 Å². The maximum absolute atomic E-state index is 12.1. The van der Waals surface area contributed by atoms with Crippen LogP contribution in [0.5, 0.6) is 0 Å². The van der Waals surface area contributed by atoms with Crippen molar-refractivity contribution in [3.05, 3.63) is 0 Å². The molecule has 0 radical (unpaired) electrons. The Balaban J connectivity index is 2.37. The number of amides is 2. The van der Waals surface area contributed by atoms with Crippen molar-refractivity contribution >= 4 is 12.0 Å². The molecule has 122 valence electrons. The van der Waals surface area contributed by atoms with E-state index in [1.165, 1.54) is 0 Å². The second-order valence-corrected chi connectivity index (χ2v) is 6.96. The average molecular weight is 298 g/mol. The van der Waals surface area contributed by atoms with Crippen LogP contribution in [0.25, 0.3) is 0 Å². The molecule has 1 aliphatic rings. The summed E-state index contributed by atoms with van der Waals surface area (Å²) in [6.07, 6.45) is 3.60. The SMILES string of the molecule is CCCCC(C)C(=O)NC1CCN(C(=O)OC(C)(C)C)C1. The smallest absolute Gasteiger partial charge is 0.410 e. The Bertz CT molecular complexity index is 363. The molecule has 0 aromatic carbocycles. The fourth-order valence-electron chi connectivity index (χ4n) is 2.36. The number of likely N-dealkylation sites (tertiary alicyclic amines) is 1. The molecule has 0 bridgehead atoms. The Morgan fingerprint density at radius 3 is 2.62 bits per heavy atom. The molecule has 5 nitrogen and oxygen atoms in total. The number of hydrogen-bond acceptors (Lipinski definition) is 3. The first-order valence-corrected chi connectivity index (χ1v) is 8.01. The summed E-state index contributed by atoms with van der Waals surface area (Å²) in [6.45, 7) is 10.8. The molecule has 21 heavy (non-hydrogen) atoms. The van der Waals surface area contributed by atoms with E-state index in [0.29, 0.717) is 13.1 Å². The minimum absolute atomic E-state index is 0.0422. The van der Waals surface area contributed by atoms with Gasteiger partial charge < -0.3 is 15.0 Å². The number of nitrogens with zero attached hydrogens (tertiary/aromatic N) is 1. The topological polar surface area (TPSA) is 58.6 Å². The fraction of sp³-hybridized carbons (Fsp3) is 0.875. The quantitative estimate of drug-likeness (QED) is 0.849. The summed E-state index contributed by atoms with van der Waals surface area (Å²) in [4.78, 5) is 25.7. The van der Waals surface area contributed by atoms with Crippen LogP contribution in [0.1, 0.15) is 60.3 Å². The Hall–Kier alpha value is -1.26. The van der Waals surface area contributed by atoms with Gasteiger partial charge in [-0.2, -0.15) is 0 Å². The van der Waals surface area contributed by atoms with Crippen molar-refractivity contribution in [2.45, 2.75) is 71.9 Å². The highest BCUT2D eigenvalue weighted by molar-refractivity contribution is 5.78. The lowest BCUT2D eigenvalue weighted by atomic mass is 10.0. The second-order valence-electron chi connectivity index (χ2n) is 6.96. The van der Waals surface area contributed by atoms with Gasteiger partial charge in [0.1, 0.15) is 5.60 Å². The second kappa shape index (κ2) is 7.66. The Labute approximate surface area is 128 Å². The Morgan fingerprint density at radius 2 is 2.05 bits per heavy atom. The highest BCUT2D eigenvalue weighted by Gasteiger charge is 2.31. The summed E-state index contributed by atoms with van der Waals surface area (Å²) >= 11 is 0. The van der Waals surface area contributed by atoms with Crippen LogP contribution in [0.2, 0.25) is 0 Å². The molecule has 0 aromatic rings. The average Bonchev–Trinajstić information content (AvgIpc) is 2.82. The van der Waals surface area contributed by atoms with Crippen LogP contribution in [0.4, 0.5) is 4.79 Å². The molecule has 5 heteroatoms. The van der Waals surface area contributed by atoms with E-state index < -0.39 is 5.60 Å². The molecule has 2 atom stereocenters. The Morgan fingerprint density at radius 1 is 1.38 bits per heavy atom. The van der Waals surface area contributed by atoms with Crippen LogP contribution in [0, 0.1) is 5.92 Å². The monoisotopic (exact) mass is 298 g/mol. The van der Waals surface area contributed by atoms with Crippen LogP contribution in [-0.2, 0) is 9.53 Å². The van der Waals surface area contributed by atoms with Gasteiger partial charge in [-0.3, -0.25) is 4.79 Å². The summed E-state index contributed by atoms with van der Waals surface area (Å²) in [5, 5.41) is 3.05. The molecule has 1 heterocycles. The minimum atomic E-state index is -0.479. The van der Waals surface area contributed by atoms with E-state index in [1.807, 2.05) is 27.7 Å². The first-order valence-electron chi connectivity index (χ1n) is 8.01. The van der Waals surface area contributed by atoms with E-state index in [9.17, 15) is 9.59 Å². The van der Waals surface area contributed by atoms with Crippen LogP contribution >= 0.6 is 0 Å². The molecular formula is C16H30N2O3. The number of carbonyl (C=O) groups excluding carboxylic acids is 2. The van der Waals surface area contributed by atoms with Crippen LogP contribution in [0.15, 0.2) is 0 Å². The predicted octanol–water partition coefficient (Wildman–Crippen LogP) is 2.94. The third-order valence-electron chi connectivity index (χ3n) is 3.62. The summed E-state index contributed by atoms with van der Waals surface area (Å²) in [6, 6.07) is 0.0501. The van der Waals surface area contributed by atoms with E-state index in [4.69, 9.17) is 4.74 Å². The molecule has 0 spiro atoms. The predicted molar refractivity (Wildman–Crippen MR) is 83.0 cm³/mol. The van der Waals surface area contributed by atoms with Crippen LogP contribution in [-0.4, -0.2) is 41.6 Å². The van der Waals surface area contributed by atoms with Crippen molar-refractivity contribution in [2.24, 2.45) is 5.92 Å². The lowest BCUT2D eigenvalue weighted by Crippen LogP contribution is -2.41. The molecule has 0 aromatic heterocycles. The number of nitrogens with one attached hydrogen (secondary N) is 1. The highest BCUT2D eigenvalue weighted by atomic mass is 16.6. The summed E-state index contributed by atoms with van der Waals surface area (Å²) in [7, 11) is 0. The van der Waals surface area contributed by atoms with Gasteiger partial charge >= 0.3 is 6.09 Å². The third-order valence-corrected chi connectivity index (χ3v) is 3.62. The standard InChI is InChI=1S/C16H30N2O3/c1-6-7-8-12(2)14(19)17-13-9-10-18(11-13)15(20)21-16(3,4)5/h12-13H,6-11H2,1-5H3,(H,17,19). The number of hydrogen-bond donors (Lipinski definition) is 1. The molecule has 2 unspecified atom stereocenters. The molecule has 0 aliphatic carbocycles. The zero-order valence-corrected chi connectivity index (χ0v) is 14.1. The summed E-state index contributed by atoms with van der Waals surface area (Å²) in [5.74, 6) is 0.139. The maximum Gasteiger partial charge on any atom is 0.410 e. The van der Waals surface area contributed by atoms with E-state index >= 15 is 0 Å². The third kappa shape index (κ3) is 6.36. The zero-order valence-electron chi connectivity index (χ0n) is 14.1. The van der Waals surface area contributed by atoms with Gasteiger partial charge in [0.05, 0.1) is 0 Å². The first-order chi connectivity index (χ1) is 9.73. The molecule has 1 aliphatic heterocycles. The largest absolute Gasteiger partial charge is 0.444 e. The van der Waals surface area contributed by atoms with Gasteiger partial charge in [-0.25, -0.2) is 4.79 Å². The number of rotatable bonds is 5. The summed E-state index contributed by atoms with van der Waals surface area (Å²) < 4.78 is 5.35. The molecule has 1 rings (SSSR count). The highest BCUT2D eigenvalue weighted by Crippen LogP contribution is 2.16. The van der Waals surface area contributed by atoms with Crippen molar-refractivity contribution in [3.8, 4) is 0 Å². The lowest BCUT2D eigenvalue weighted by Gasteiger charge is -2.24. The van der Waals surface area contributed by atoms with Crippen molar-refractivity contribution < 1.29 is 14.3 Å². The van der Waals surface area contributed by atoms with E-state index in [2.05, 4.69) is 12.2 Å². The van der Waals surface area contributed by atoms with Gasteiger partial charge in [0.2, 0.25) is 5.91 Å². The van der Waals surface area contributed by atoms with Gasteiger partial charge in [0.15, 0.2) is 0 Å². The van der Waals surface area contributed by atoms with Gasteiger partial charge in [0, 0.05) is 25.0 Å². The molecule has 0 saturated carbocycles. The first kappa shape index (κ1) is 17.8. The molecular weight excluding hydrogens is 268 g/mol. The van der Waals surface area contributed by atoms with Gasteiger partial charge in [-0.1, -0.05) is 26.7 Å².